The first-order valence-electron chi connectivity index (χ1n) is 10.2. The molecule has 2 aromatic rings. The van der Waals surface area contributed by atoms with Crippen molar-refractivity contribution in [2.75, 3.05) is 13.2 Å². The van der Waals surface area contributed by atoms with Crippen LogP contribution in [0, 0.1) is 5.92 Å². The van der Waals surface area contributed by atoms with Crippen molar-refractivity contribution in [1.29, 1.82) is 0 Å². The molecule has 0 aliphatic carbocycles. The van der Waals surface area contributed by atoms with E-state index >= 15 is 0 Å². The molecule has 3 rings (SSSR count). The number of benzene rings is 2. The summed E-state index contributed by atoms with van der Waals surface area (Å²) < 4.78 is 11.2. The minimum Gasteiger partial charge on any atom is -0.486 e. The largest absolute Gasteiger partial charge is 0.486 e. The summed E-state index contributed by atoms with van der Waals surface area (Å²) in [7, 11) is 0. The second kappa shape index (κ2) is 10.2. The summed E-state index contributed by atoms with van der Waals surface area (Å²) >= 11 is 12.1. The minimum absolute atomic E-state index is 0.196. The highest BCUT2D eigenvalue weighted by atomic mass is 35.5. The monoisotopic (exact) mass is 464 g/mol. The topological polar surface area (TPSA) is 76.7 Å². The van der Waals surface area contributed by atoms with Crippen molar-refractivity contribution in [2.45, 2.75) is 39.3 Å². The number of rotatable bonds is 7. The first kappa shape index (κ1) is 23.2. The maximum atomic E-state index is 13.0. The molecule has 2 N–H and O–H groups in total. The number of ether oxygens (including phenoxy) is 2. The highest BCUT2D eigenvalue weighted by Gasteiger charge is 2.25. The van der Waals surface area contributed by atoms with Crippen LogP contribution in [0.15, 0.2) is 36.4 Å². The van der Waals surface area contributed by atoms with Gasteiger partial charge in [-0.2, -0.15) is 0 Å². The molecule has 2 atom stereocenters. The zero-order chi connectivity index (χ0) is 22.5. The lowest BCUT2D eigenvalue weighted by atomic mass is 10.0. The van der Waals surface area contributed by atoms with Crippen LogP contribution in [0.4, 0.5) is 0 Å². The fraction of sp³-hybridized carbons (Fsp3) is 0.391. The van der Waals surface area contributed by atoms with Gasteiger partial charge >= 0.3 is 0 Å². The molecule has 0 bridgehead atoms. The number of hydrogen-bond acceptors (Lipinski definition) is 4. The van der Waals surface area contributed by atoms with Crippen LogP contribution in [-0.2, 0) is 4.79 Å². The van der Waals surface area contributed by atoms with Gasteiger partial charge in [-0.3, -0.25) is 9.59 Å². The van der Waals surface area contributed by atoms with E-state index in [1.165, 1.54) is 6.07 Å². The maximum absolute atomic E-state index is 13.0. The lowest BCUT2D eigenvalue weighted by Crippen LogP contribution is -2.48. The maximum Gasteiger partial charge on any atom is 0.253 e. The molecular weight excluding hydrogens is 439 g/mol. The van der Waals surface area contributed by atoms with Crippen molar-refractivity contribution in [3.8, 4) is 11.5 Å². The predicted molar refractivity (Wildman–Crippen MR) is 121 cm³/mol. The SMILES string of the molecule is CC(C)CC(NC(=O)c1ccc(Cl)cc1Cl)C(=O)NC(C)c1ccc2c(c1)OCCO2. The Balaban J connectivity index is 1.71. The molecule has 6 nitrogen and oxygen atoms in total. The van der Waals surface area contributed by atoms with Crippen molar-refractivity contribution in [2.24, 2.45) is 5.92 Å². The predicted octanol–water partition coefficient (Wildman–Crippen LogP) is 4.79. The smallest absolute Gasteiger partial charge is 0.253 e. The number of nitrogens with one attached hydrogen (secondary N) is 2. The zero-order valence-corrected chi connectivity index (χ0v) is 19.2. The summed E-state index contributed by atoms with van der Waals surface area (Å²) in [5, 5.41) is 6.46. The lowest BCUT2D eigenvalue weighted by Gasteiger charge is -2.24. The molecule has 2 amide bonds. The van der Waals surface area contributed by atoms with Crippen molar-refractivity contribution < 1.29 is 19.1 Å². The van der Waals surface area contributed by atoms with Gasteiger partial charge in [0, 0.05) is 5.02 Å². The summed E-state index contributed by atoms with van der Waals surface area (Å²) in [5.41, 5.74) is 1.15. The Morgan fingerprint density at radius 2 is 1.68 bits per heavy atom. The molecule has 0 saturated heterocycles. The van der Waals surface area contributed by atoms with Gasteiger partial charge in [-0.25, -0.2) is 0 Å². The van der Waals surface area contributed by atoms with E-state index in [9.17, 15) is 9.59 Å². The van der Waals surface area contributed by atoms with Gasteiger partial charge in [0.25, 0.3) is 5.91 Å². The molecule has 2 aromatic carbocycles. The third-order valence-electron chi connectivity index (χ3n) is 4.93. The van der Waals surface area contributed by atoms with Crippen molar-refractivity contribution in [3.63, 3.8) is 0 Å². The molecule has 2 unspecified atom stereocenters. The van der Waals surface area contributed by atoms with Crippen LogP contribution >= 0.6 is 23.2 Å². The molecule has 1 heterocycles. The second-order valence-electron chi connectivity index (χ2n) is 7.91. The molecule has 1 aliphatic heterocycles. The van der Waals surface area contributed by atoms with Gasteiger partial charge in [-0.05, 0) is 55.2 Å². The molecule has 0 fully saturated rings. The molecule has 1 aliphatic rings. The first-order chi connectivity index (χ1) is 14.7. The van der Waals surface area contributed by atoms with Gasteiger partial charge in [0.2, 0.25) is 5.91 Å². The highest BCUT2D eigenvalue weighted by Crippen LogP contribution is 2.32. The van der Waals surface area contributed by atoms with E-state index in [0.29, 0.717) is 36.2 Å². The Kier molecular flexibility index (Phi) is 7.68. The molecule has 31 heavy (non-hydrogen) atoms. The molecular formula is C23H26Cl2N2O4. The van der Waals surface area contributed by atoms with Gasteiger partial charge in [-0.15, -0.1) is 0 Å². The van der Waals surface area contributed by atoms with E-state index in [4.69, 9.17) is 32.7 Å². The highest BCUT2D eigenvalue weighted by molar-refractivity contribution is 6.36. The molecule has 0 aromatic heterocycles. The van der Waals surface area contributed by atoms with E-state index in [1.807, 2.05) is 39.0 Å². The standard InChI is InChI=1S/C23H26Cl2N2O4/c1-13(2)10-19(27-22(28)17-6-5-16(24)12-18(17)25)23(29)26-14(3)15-4-7-20-21(11-15)31-9-8-30-20/h4-7,11-14,19H,8-10H2,1-3H3,(H,26,29)(H,27,28). The summed E-state index contributed by atoms with van der Waals surface area (Å²) in [6, 6.07) is 9.23. The van der Waals surface area contributed by atoms with E-state index in [-0.39, 0.29) is 28.5 Å². The Morgan fingerprint density at radius 1 is 0.968 bits per heavy atom. The average molecular weight is 465 g/mol. The van der Waals surface area contributed by atoms with Gasteiger partial charge < -0.3 is 20.1 Å². The molecule has 0 radical (unpaired) electrons. The van der Waals surface area contributed by atoms with Crippen LogP contribution in [0.5, 0.6) is 11.5 Å². The van der Waals surface area contributed by atoms with Gasteiger partial charge in [0.1, 0.15) is 19.3 Å². The summed E-state index contributed by atoms with van der Waals surface area (Å²) in [5.74, 6) is 0.859. The summed E-state index contributed by atoms with van der Waals surface area (Å²) in [4.78, 5) is 25.8. The van der Waals surface area contributed by atoms with Crippen LogP contribution in [0.1, 0.15) is 49.2 Å². The zero-order valence-electron chi connectivity index (χ0n) is 17.7. The Hall–Kier alpha value is -2.44. The Bertz CT molecular complexity index is 965. The van der Waals surface area contributed by atoms with Crippen LogP contribution in [0.2, 0.25) is 10.0 Å². The third-order valence-corrected chi connectivity index (χ3v) is 5.48. The van der Waals surface area contributed by atoms with E-state index in [0.717, 1.165) is 5.56 Å². The van der Waals surface area contributed by atoms with Crippen LogP contribution in [-0.4, -0.2) is 31.1 Å². The van der Waals surface area contributed by atoms with Crippen LogP contribution < -0.4 is 20.1 Å². The number of fused-ring (bicyclic) bond motifs is 1. The minimum atomic E-state index is -0.709. The number of halogens is 2. The number of hydrogen-bond donors (Lipinski definition) is 2. The second-order valence-corrected chi connectivity index (χ2v) is 8.76. The average Bonchev–Trinajstić information content (AvgIpc) is 2.72. The fourth-order valence-corrected chi connectivity index (χ4v) is 3.83. The third kappa shape index (κ3) is 6.05. The van der Waals surface area contributed by atoms with Crippen molar-refractivity contribution >= 4 is 35.0 Å². The van der Waals surface area contributed by atoms with Crippen LogP contribution in [0.25, 0.3) is 0 Å². The number of carbonyl (C=O) groups is 2. The molecule has 0 saturated carbocycles. The van der Waals surface area contributed by atoms with Crippen molar-refractivity contribution in [1.82, 2.24) is 10.6 Å². The van der Waals surface area contributed by atoms with E-state index < -0.39 is 11.9 Å². The lowest BCUT2D eigenvalue weighted by molar-refractivity contribution is -0.124. The Morgan fingerprint density at radius 3 is 2.35 bits per heavy atom. The van der Waals surface area contributed by atoms with Gasteiger partial charge in [0.15, 0.2) is 11.5 Å². The van der Waals surface area contributed by atoms with E-state index in [2.05, 4.69) is 10.6 Å². The number of amides is 2. The van der Waals surface area contributed by atoms with Crippen molar-refractivity contribution in [3.05, 3.63) is 57.6 Å². The quantitative estimate of drug-likeness (QED) is 0.617. The van der Waals surface area contributed by atoms with Crippen LogP contribution in [0.3, 0.4) is 0 Å². The summed E-state index contributed by atoms with van der Waals surface area (Å²) in [6.45, 7) is 6.88. The molecule has 8 heteroatoms. The summed E-state index contributed by atoms with van der Waals surface area (Å²) in [6.07, 6.45) is 0.483. The first-order valence-corrected chi connectivity index (χ1v) is 11.0. The normalized spacial score (nSPS) is 14.6. The van der Waals surface area contributed by atoms with Gasteiger partial charge in [-0.1, -0.05) is 43.1 Å². The Labute approximate surface area is 192 Å². The fourth-order valence-electron chi connectivity index (χ4n) is 3.34. The molecule has 0 spiro atoms. The molecule has 166 valence electrons. The van der Waals surface area contributed by atoms with E-state index in [1.54, 1.807) is 12.1 Å². The number of carbonyl (C=O) groups excluding carboxylic acids is 2. The van der Waals surface area contributed by atoms with Gasteiger partial charge in [0.05, 0.1) is 16.6 Å².